The van der Waals surface area contributed by atoms with Gasteiger partial charge in [0, 0.05) is 11.4 Å². The lowest BCUT2D eigenvalue weighted by Crippen LogP contribution is -2.18. The van der Waals surface area contributed by atoms with Gasteiger partial charge in [-0.2, -0.15) is 4.98 Å². The molecule has 1 aromatic heterocycles. The van der Waals surface area contributed by atoms with E-state index in [1.54, 1.807) is 14.0 Å². The van der Waals surface area contributed by atoms with E-state index in [1.807, 2.05) is 24.3 Å². The van der Waals surface area contributed by atoms with Crippen LogP contribution in [0.25, 0.3) is 0 Å². The fraction of sp³-hybridized carbons (Fsp3) is 0.214. The third kappa shape index (κ3) is 3.63. The molecule has 0 saturated carbocycles. The van der Waals surface area contributed by atoms with E-state index in [0.29, 0.717) is 11.4 Å². The zero-order valence-electron chi connectivity index (χ0n) is 11.5. The van der Waals surface area contributed by atoms with Crippen molar-refractivity contribution in [2.24, 2.45) is 0 Å². The lowest BCUT2D eigenvalue weighted by molar-refractivity contribution is 0.0690. The van der Waals surface area contributed by atoms with Crippen molar-refractivity contribution in [2.45, 2.75) is 17.7 Å². The quantitative estimate of drug-likeness (QED) is 0.649. The number of carboxylic acids is 1. The van der Waals surface area contributed by atoms with E-state index < -0.39 is 11.7 Å². The molecule has 0 aliphatic rings. The van der Waals surface area contributed by atoms with Crippen LogP contribution in [0, 0.1) is 6.92 Å². The zero-order chi connectivity index (χ0) is 15.4. The molecule has 0 saturated heterocycles. The fourth-order valence-electron chi connectivity index (χ4n) is 1.79. The van der Waals surface area contributed by atoms with Gasteiger partial charge in [0.15, 0.2) is 0 Å². The number of hydrogen-bond acceptors (Lipinski definition) is 5. The van der Waals surface area contributed by atoms with Gasteiger partial charge >= 0.3 is 11.7 Å². The van der Waals surface area contributed by atoms with Crippen molar-refractivity contribution in [3.63, 3.8) is 0 Å². The number of rotatable bonds is 5. The Hall–Kier alpha value is -2.28. The minimum atomic E-state index is -1.10. The van der Waals surface area contributed by atoms with E-state index in [9.17, 15) is 14.7 Å². The summed E-state index contributed by atoms with van der Waals surface area (Å²) in [4.78, 5) is 28.8. The van der Waals surface area contributed by atoms with Gasteiger partial charge in [-0.1, -0.05) is 12.1 Å². The highest BCUT2D eigenvalue weighted by molar-refractivity contribution is 7.98. The van der Waals surface area contributed by atoms with Crippen LogP contribution in [0.2, 0.25) is 0 Å². The normalized spacial score (nSPS) is 10.4. The molecule has 1 heterocycles. The number of thioether (sulfide) groups is 1. The predicted octanol–water partition coefficient (Wildman–Crippen LogP) is 2.08. The molecule has 0 amide bonds. The van der Waals surface area contributed by atoms with Crippen LogP contribution in [0.15, 0.2) is 34.1 Å². The van der Waals surface area contributed by atoms with Crippen molar-refractivity contribution in [3.8, 4) is 5.75 Å². The number of carbonyl (C=O) groups is 1. The molecule has 0 unspecified atom stereocenters. The fourth-order valence-corrected chi connectivity index (χ4v) is 2.82. The van der Waals surface area contributed by atoms with Gasteiger partial charge in [0.2, 0.25) is 0 Å². The number of aromatic nitrogens is 2. The van der Waals surface area contributed by atoms with Crippen LogP contribution in [-0.4, -0.2) is 28.2 Å². The number of H-pyrrole nitrogens is 1. The summed E-state index contributed by atoms with van der Waals surface area (Å²) in [5.74, 6) is 0.161. The average molecular weight is 306 g/mol. The number of aryl methyl sites for hydroxylation is 1. The van der Waals surface area contributed by atoms with Crippen molar-refractivity contribution in [1.29, 1.82) is 0 Å². The van der Waals surface area contributed by atoms with Crippen LogP contribution >= 0.6 is 11.8 Å². The molecule has 6 nitrogen and oxygen atoms in total. The molecule has 0 aliphatic heterocycles. The lowest BCUT2D eigenvalue weighted by atomic mass is 10.2. The van der Waals surface area contributed by atoms with Gasteiger partial charge in [-0.3, -0.25) is 0 Å². The summed E-state index contributed by atoms with van der Waals surface area (Å²) in [5, 5.41) is 9.43. The Balaban J connectivity index is 2.22. The van der Waals surface area contributed by atoms with Crippen LogP contribution in [0.4, 0.5) is 0 Å². The van der Waals surface area contributed by atoms with Crippen molar-refractivity contribution in [1.82, 2.24) is 9.97 Å². The van der Waals surface area contributed by atoms with Crippen molar-refractivity contribution < 1.29 is 14.6 Å². The maximum absolute atomic E-state index is 11.4. The molecule has 21 heavy (non-hydrogen) atoms. The number of aromatic amines is 1. The third-order valence-corrected chi connectivity index (χ3v) is 3.88. The van der Waals surface area contributed by atoms with E-state index in [1.165, 1.54) is 11.8 Å². The number of nitrogens with one attached hydrogen (secondary N) is 1. The smallest absolute Gasteiger partial charge is 0.346 e. The molecule has 110 valence electrons. The van der Waals surface area contributed by atoms with Gasteiger partial charge in [-0.25, -0.2) is 9.59 Å². The van der Waals surface area contributed by atoms with Crippen LogP contribution in [0.3, 0.4) is 0 Å². The van der Waals surface area contributed by atoms with Crippen molar-refractivity contribution in [3.05, 3.63) is 51.6 Å². The molecular weight excluding hydrogens is 292 g/mol. The summed E-state index contributed by atoms with van der Waals surface area (Å²) < 4.78 is 5.07. The molecule has 2 aromatic rings. The van der Waals surface area contributed by atoms with E-state index >= 15 is 0 Å². The highest BCUT2D eigenvalue weighted by atomic mass is 32.2. The Kier molecular flexibility index (Phi) is 4.64. The summed E-state index contributed by atoms with van der Waals surface area (Å²) in [6.45, 7) is 1.55. The molecule has 0 radical (unpaired) electrons. The van der Waals surface area contributed by atoms with Crippen molar-refractivity contribution in [2.75, 3.05) is 7.11 Å². The lowest BCUT2D eigenvalue weighted by Gasteiger charge is -2.07. The second-order valence-corrected chi connectivity index (χ2v) is 5.25. The summed E-state index contributed by atoms with van der Waals surface area (Å²) in [6, 6.07) is 7.41. The molecule has 2 rings (SSSR count). The Bertz CT molecular complexity index is 710. The van der Waals surface area contributed by atoms with Gasteiger partial charge in [-0.15, -0.1) is 11.8 Å². The number of benzene rings is 1. The van der Waals surface area contributed by atoms with Crippen LogP contribution < -0.4 is 10.4 Å². The molecule has 0 spiro atoms. The van der Waals surface area contributed by atoms with Crippen LogP contribution in [-0.2, 0) is 5.75 Å². The Morgan fingerprint density at radius 1 is 1.38 bits per heavy atom. The number of methoxy groups -OCH3 is 1. The minimum Gasteiger partial charge on any atom is -0.497 e. The molecule has 0 aliphatic carbocycles. The Morgan fingerprint density at radius 3 is 2.62 bits per heavy atom. The molecule has 0 fully saturated rings. The van der Waals surface area contributed by atoms with Crippen LogP contribution in [0.1, 0.15) is 21.6 Å². The number of aromatic carboxylic acids is 1. The van der Waals surface area contributed by atoms with E-state index in [0.717, 1.165) is 11.3 Å². The SMILES string of the molecule is COc1ccc(CSc2nc(=O)[nH]c(C)c2C(=O)O)cc1. The molecule has 7 heteroatoms. The summed E-state index contributed by atoms with van der Waals surface area (Å²) in [5.41, 5.74) is 0.777. The second kappa shape index (κ2) is 6.45. The largest absolute Gasteiger partial charge is 0.497 e. The van der Waals surface area contributed by atoms with E-state index in [4.69, 9.17) is 4.74 Å². The third-order valence-electron chi connectivity index (χ3n) is 2.83. The maximum atomic E-state index is 11.4. The van der Waals surface area contributed by atoms with Gasteiger partial charge in [0.05, 0.1) is 7.11 Å². The first kappa shape index (κ1) is 15.1. The highest BCUT2D eigenvalue weighted by Crippen LogP contribution is 2.25. The second-order valence-electron chi connectivity index (χ2n) is 4.29. The number of ether oxygens (including phenoxy) is 1. The molecular formula is C14H14N2O4S. The number of carboxylic acid groups (broad SMARTS) is 1. The molecule has 0 bridgehead atoms. The summed E-state index contributed by atoms with van der Waals surface area (Å²) in [7, 11) is 1.59. The standard InChI is InChI=1S/C14H14N2O4S/c1-8-11(13(17)18)12(16-14(19)15-8)21-7-9-3-5-10(20-2)6-4-9/h3-6H,7H2,1-2H3,(H,17,18)(H,15,16,19). The highest BCUT2D eigenvalue weighted by Gasteiger charge is 2.16. The molecule has 0 atom stereocenters. The topological polar surface area (TPSA) is 92.3 Å². The average Bonchev–Trinajstić information content (AvgIpc) is 2.44. The van der Waals surface area contributed by atoms with Gasteiger partial charge in [-0.05, 0) is 24.6 Å². The Labute approximate surface area is 125 Å². The van der Waals surface area contributed by atoms with Crippen LogP contribution in [0.5, 0.6) is 5.75 Å². The first-order chi connectivity index (χ1) is 10.0. The van der Waals surface area contributed by atoms with E-state index in [-0.39, 0.29) is 10.6 Å². The number of nitrogens with zero attached hydrogens (tertiary/aromatic N) is 1. The summed E-state index contributed by atoms with van der Waals surface area (Å²) in [6.07, 6.45) is 0. The van der Waals surface area contributed by atoms with Crippen molar-refractivity contribution >= 4 is 17.7 Å². The predicted molar refractivity (Wildman–Crippen MR) is 79.1 cm³/mol. The number of hydrogen-bond donors (Lipinski definition) is 2. The van der Waals surface area contributed by atoms with Gasteiger partial charge in [0.1, 0.15) is 16.3 Å². The molecule has 1 aromatic carbocycles. The first-order valence-corrected chi connectivity index (χ1v) is 7.09. The maximum Gasteiger partial charge on any atom is 0.346 e. The van der Waals surface area contributed by atoms with E-state index in [2.05, 4.69) is 9.97 Å². The van der Waals surface area contributed by atoms with Gasteiger partial charge in [0.25, 0.3) is 0 Å². The first-order valence-electron chi connectivity index (χ1n) is 6.11. The van der Waals surface area contributed by atoms with Gasteiger partial charge < -0.3 is 14.8 Å². The monoisotopic (exact) mass is 306 g/mol. The zero-order valence-corrected chi connectivity index (χ0v) is 12.4. The molecule has 2 N–H and O–H groups in total. The Morgan fingerprint density at radius 2 is 2.05 bits per heavy atom. The summed E-state index contributed by atoms with van der Waals surface area (Å²) >= 11 is 1.22. The minimum absolute atomic E-state index is 0.0353.